The molecular formula is C16H19N3O4S. The monoisotopic (exact) mass is 349 g/mol. The highest BCUT2D eigenvalue weighted by molar-refractivity contribution is 7.91. The van der Waals surface area contributed by atoms with Crippen molar-refractivity contribution in [3.63, 3.8) is 0 Å². The first-order valence-electron chi connectivity index (χ1n) is 7.78. The highest BCUT2D eigenvalue weighted by Gasteiger charge is 2.28. The van der Waals surface area contributed by atoms with Gasteiger partial charge >= 0.3 is 0 Å². The van der Waals surface area contributed by atoms with Crippen molar-refractivity contribution < 1.29 is 13.2 Å². The first kappa shape index (κ1) is 16.6. The van der Waals surface area contributed by atoms with E-state index >= 15 is 0 Å². The third kappa shape index (κ3) is 3.48. The van der Waals surface area contributed by atoms with Gasteiger partial charge in [0.25, 0.3) is 5.56 Å². The van der Waals surface area contributed by atoms with Crippen molar-refractivity contribution in [1.29, 1.82) is 0 Å². The van der Waals surface area contributed by atoms with E-state index in [1.165, 1.54) is 4.68 Å². The lowest BCUT2D eigenvalue weighted by Crippen LogP contribution is -2.32. The van der Waals surface area contributed by atoms with Crippen molar-refractivity contribution in [1.82, 2.24) is 15.1 Å². The molecule has 0 spiro atoms. The predicted octanol–water partition coefficient (Wildman–Crippen LogP) is 0.0269. The predicted molar refractivity (Wildman–Crippen MR) is 90.5 cm³/mol. The molecule has 7 nitrogen and oxygen atoms in total. The van der Waals surface area contributed by atoms with Gasteiger partial charge in [0.15, 0.2) is 9.84 Å². The maximum Gasteiger partial charge on any atom is 0.274 e. The third-order valence-electron chi connectivity index (χ3n) is 4.28. The molecule has 0 bridgehead atoms. The molecule has 24 heavy (non-hydrogen) atoms. The van der Waals surface area contributed by atoms with Crippen LogP contribution in [0.3, 0.4) is 0 Å². The first-order valence-corrected chi connectivity index (χ1v) is 9.60. The van der Waals surface area contributed by atoms with Gasteiger partial charge in [0.05, 0.1) is 29.0 Å². The summed E-state index contributed by atoms with van der Waals surface area (Å²) in [4.78, 5) is 24.3. The van der Waals surface area contributed by atoms with E-state index in [1.807, 2.05) is 0 Å². The van der Waals surface area contributed by atoms with Crippen molar-refractivity contribution in [3.8, 4) is 0 Å². The molecule has 2 heterocycles. The fourth-order valence-corrected chi connectivity index (χ4v) is 4.87. The summed E-state index contributed by atoms with van der Waals surface area (Å²) < 4.78 is 24.1. The molecule has 128 valence electrons. The SMILES string of the molecule is Cn1nc(CC(=O)NC[C@@H]2CCS(=O)(=O)C2)c2ccccc2c1=O. The van der Waals surface area contributed by atoms with Crippen LogP contribution in [-0.4, -0.2) is 42.2 Å². The quantitative estimate of drug-likeness (QED) is 0.839. The molecule has 1 aromatic carbocycles. The number of aromatic nitrogens is 2. The van der Waals surface area contributed by atoms with E-state index in [4.69, 9.17) is 0 Å². The van der Waals surface area contributed by atoms with Gasteiger partial charge in [-0.25, -0.2) is 13.1 Å². The van der Waals surface area contributed by atoms with Crippen LogP contribution in [0.1, 0.15) is 12.1 Å². The summed E-state index contributed by atoms with van der Waals surface area (Å²) in [5.74, 6) is 0.0776. The lowest BCUT2D eigenvalue weighted by atomic mass is 10.1. The van der Waals surface area contributed by atoms with Crippen molar-refractivity contribution in [2.45, 2.75) is 12.8 Å². The third-order valence-corrected chi connectivity index (χ3v) is 6.11. The van der Waals surface area contributed by atoms with E-state index in [1.54, 1.807) is 31.3 Å². The van der Waals surface area contributed by atoms with Crippen LogP contribution in [0.4, 0.5) is 0 Å². The molecular weight excluding hydrogens is 330 g/mol. The van der Waals surface area contributed by atoms with Crippen LogP contribution in [0.5, 0.6) is 0 Å². The molecule has 1 saturated heterocycles. The second-order valence-corrected chi connectivity index (χ2v) is 8.40. The first-order chi connectivity index (χ1) is 11.4. The highest BCUT2D eigenvalue weighted by Crippen LogP contribution is 2.17. The molecule has 1 amide bonds. The topological polar surface area (TPSA) is 98.1 Å². The van der Waals surface area contributed by atoms with Gasteiger partial charge in [-0.2, -0.15) is 5.10 Å². The Morgan fingerprint density at radius 3 is 2.71 bits per heavy atom. The Morgan fingerprint density at radius 2 is 2.04 bits per heavy atom. The van der Waals surface area contributed by atoms with Crippen LogP contribution in [0.2, 0.25) is 0 Å². The molecule has 0 saturated carbocycles. The smallest absolute Gasteiger partial charge is 0.274 e. The number of nitrogens with zero attached hydrogens (tertiary/aromatic N) is 2. The van der Waals surface area contributed by atoms with E-state index in [0.29, 0.717) is 29.4 Å². The van der Waals surface area contributed by atoms with Gasteiger partial charge in [-0.1, -0.05) is 18.2 Å². The number of benzene rings is 1. The van der Waals surface area contributed by atoms with Crippen LogP contribution in [0.25, 0.3) is 10.8 Å². The summed E-state index contributed by atoms with van der Waals surface area (Å²) in [6.45, 7) is 0.349. The Labute approximate surface area is 139 Å². The van der Waals surface area contributed by atoms with Gasteiger partial charge in [-0.05, 0) is 18.4 Å². The Kier molecular flexibility index (Phi) is 4.40. The lowest BCUT2D eigenvalue weighted by Gasteiger charge is -2.11. The number of rotatable bonds is 4. The van der Waals surface area contributed by atoms with Gasteiger partial charge in [-0.3, -0.25) is 9.59 Å². The summed E-state index contributed by atoms with van der Waals surface area (Å²) in [5.41, 5.74) is 0.329. The average molecular weight is 349 g/mol. The number of fused-ring (bicyclic) bond motifs is 1. The second kappa shape index (κ2) is 6.35. The molecule has 3 rings (SSSR count). The van der Waals surface area contributed by atoms with Crippen LogP contribution in [-0.2, 0) is 28.1 Å². The van der Waals surface area contributed by atoms with Gasteiger partial charge in [-0.15, -0.1) is 0 Å². The number of amides is 1. The number of carbonyl (C=O) groups is 1. The van der Waals surface area contributed by atoms with Crippen molar-refractivity contribution in [2.75, 3.05) is 18.1 Å². The minimum Gasteiger partial charge on any atom is -0.355 e. The molecule has 1 aromatic heterocycles. The Balaban J connectivity index is 1.72. The summed E-state index contributed by atoms with van der Waals surface area (Å²) in [6.07, 6.45) is 0.637. The molecule has 0 radical (unpaired) electrons. The number of carbonyl (C=O) groups excluding carboxylic acids is 1. The zero-order valence-corrected chi connectivity index (χ0v) is 14.2. The Bertz CT molecular complexity index is 949. The standard InChI is InChI=1S/C16H19N3O4S/c1-19-16(21)13-5-3-2-4-12(13)14(18-19)8-15(20)17-9-11-6-7-24(22,23)10-11/h2-5,11H,6-10H2,1H3,(H,17,20)/t11-/m0/s1. The Hall–Kier alpha value is -2.22. The molecule has 0 aliphatic carbocycles. The molecule has 2 aromatic rings. The number of hydrogen-bond acceptors (Lipinski definition) is 5. The molecule has 1 fully saturated rings. The van der Waals surface area contributed by atoms with Gasteiger partial charge in [0, 0.05) is 19.0 Å². The fraction of sp³-hybridized carbons (Fsp3) is 0.438. The van der Waals surface area contributed by atoms with Crippen LogP contribution in [0, 0.1) is 5.92 Å². The number of hydrogen-bond donors (Lipinski definition) is 1. The minimum absolute atomic E-state index is 0.0243. The molecule has 1 aliphatic heterocycles. The number of sulfone groups is 1. The van der Waals surface area contributed by atoms with Crippen LogP contribution in [0.15, 0.2) is 29.1 Å². The zero-order chi connectivity index (χ0) is 17.3. The minimum atomic E-state index is -2.94. The maximum absolute atomic E-state index is 12.2. The molecule has 1 N–H and O–H groups in total. The molecule has 1 atom stereocenters. The summed E-state index contributed by atoms with van der Waals surface area (Å²) in [5, 5.41) is 8.16. The van der Waals surface area contributed by atoms with Crippen molar-refractivity contribution >= 4 is 26.5 Å². The van der Waals surface area contributed by atoms with Crippen LogP contribution < -0.4 is 10.9 Å². The van der Waals surface area contributed by atoms with E-state index in [-0.39, 0.29) is 35.3 Å². The van der Waals surface area contributed by atoms with Gasteiger partial charge in [0.2, 0.25) is 5.91 Å². The summed E-state index contributed by atoms with van der Waals surface area (Å²) in [7, 11) is -1.39. The second-order valence-electron chi connectivity index (χ2n) is 6.17. The van der Waals surface area contributed by atoms with Crippen LogP contribution >= 0.6 is 0 Å². The Morgan fingerprint density at radius 1 is 1.33 bits per heavy atom. The van der Waals surface area contributed by atoms with Gasteiger partial charge < -0.3 is 5.32 Å². The zero-order valence-electron chi connectivity index (χ0n) is 13.4. The summed E-state index contributed by atoms with van der Waals surface area (Å²) in [6, 6.07) is 7.06. The maximum atomic E-state index is 12.2. The van der Waals surface area contributed by atoms with Gasteiger partial charge in [0.1, 0.15) is 0 Å². The average Bonchev–Trinajstić information content (AvgIpc) is 2.90. The summed E-state index contributed by atoms with van der Waals surface area (Å²) >= 11 is 0. The highest BCUT2D eigenvalue weighted by atomic mass is 32.2. The lowest BCUT2D eigenvalue weighted by molar-refractivity contribution is -0.120. The molecule has 1 aliphatic rings. The van der Waals surface area contributed by atoms with E-state index in [0.717, 1.165) is 0 Å². The largest absolute Gasteiger partial charge is 0.355 e. The van der Waals surface area contributed by atoms with E-state index in [9.17, 15) is 18.0 Å². The van der Waals surface area contributed by atoms with Crippen molar-refractivity contribution in [3.05, 3.63) is 40.3 Å². The molecule has 0 unspecified atom stereocenters. The number of aryl methyl sites for hydroxylation is 1. The fourth-order valence-electron chi connectivity index (χ4n) is 3.01. The molecule has 8 heteroatoms. The number of nitrogens with one attached hydrogen (secondary N) is 1. The normalized spacial score (nSPS) is 19.5. The van der Waals surface area contributed by atoms with Crippen molar-refractivity contribution in [2.24, 2.45) is 13.0 Å². The van der Waals surface area contributed by atoms with E-state index in [2.05, 4.69) is 10.4 Å². The van der Waals surface area contributed by atoms with E-state index < -0.39 is 9.84 Å².